The summed E-state index contributed by atoms with van der Waals surface area (Å²) in [7, 11) is -5.22. The van der Waals surface area contributed by atoms with Crippen LogP contribution in [0.25, 0.3) is 0 Å². The van der Waals surface area contributed by atoms with E-state index in [1.54, 1.807) is 0 Å². The highest BCUT2D eigenvalue weighted by molar-refractivity contribution is 9.10. The van der Waals surface area contributed by atoms with Gasteiger partial charge in [-0.2, -0.15) is 8.78 Å². The first-order valence-corrected chi connectivity index (χ1v) is 6.08. The summed E-state index contributed by atoms with van der Waals surface area (Å²) in [5.41, 5.74) is 0. The van der Waals surface area contributed by atoms with Crippen molar-refractivity contribution in [3.05, 3.63) is 28.7 Å². The van der Waals surface area contributed by atoms with Crippen molar-refractivity contribution in [3.8, 4) is 0 Å². The number of halogens is 3. The minimum atomic E-state index is -5.22. The van der Waals surface area contributed by atoms with E-state index in [1.165, 1.54) is 12.1 Å². The van der Waals surface area contributed by atoms with Gasteiger partial charge in [0.05, 0.1) is 4.90 Å². The Morgan fingerprint density at radius 1 is 1.38 bits per heavy atom. The number of rotatable bonds is 3. The highest BCUT2D eigenvalue weighted by atomic mass is 79.9. The molecule has 0 saturated heterocycles. The second-order valence-corrected chi connectivity index (χ2v) is 5.69. The molecule has 0 aliphatic carbocycles. The summed E-state index contributed by atoms with van der Waals surface area (Å²) in [6, 6.07) is 4.45. The molecule has 0 amide bonds. The van der Waals surface area contributed by atoms with Gasteiger partial charge in [0.2, 0.25) is 0 Å². The van der Waals surface area contributed by atoms with Gasteiger partial charge in [0.1, 0.15) is 0 Å². The van der Waals surface area contributed by atoms with E-state index in [2.05, 4.69) is 15.9 Å². The third-order valence-electron chi connectivity index (χ3n) is 1.69. The van der Waals surface area contributed by atoms with Crippen LogP contribution in [0.15, 0.2) is 33.6 Å². The van der Waals surface area contributed by atoms with Gasteiger partial charge in [-0.1, -0.05) is 22.0 Å². The predicted octanol–water partition coefficient (Wildman–Crippen LogP) is 1.90. The molecule has 0 bridgehead atoms. The molecule has 0 heterocycles. The highest BCUT2D eigenvalue weighted by Crippen LogP contribution is 2.30. The smallest absolute Gasteiger partial charge is 0.444 e. The number of benzene rings is 1. The fourth-order valence-corrected chi connectivity index (χ4v) is 2.51. The predicted molar refractivity (Wildman–Crippen MR) is 53.9 cm³/mol. The van der Waals surface area contributed by atoms with E-state index in [4.69, 9.17) is 5.11 Å². The van der Waals surface area contributed by atoms with Gasteiger partial charge in [-0.3, -0.25) is 0 Å². The standard InChI is InChI=1S/C8H5BrF2O4S/c9-5-2-1-3-6(4-5)16(14,15)8(10,11)7(12)13/h1-4H,(H,12,13). The monoisotopic (exact) mass is 314 g/mol. The summed E-state index contributed by atoms with van der Waals surface area (Å²) in [6.45, 7) is 0. The third kappa shape index (κ3) is 2.07. The number of carboxylic acids is 1. The van der Waals surface area contributed by atoms with Crippen molar-refractivity contribution in [2.45, 2.75) is 10.2 Å². The Morgan fingerprint density at radius 3 is 2.38 bits per heavy atom. The maximum Gasteiger partial charge on any atom is 0.444 e. The normalized spacial score (nSPS) is 12.4. The maximum atomic E-state index is 12.9. The second-order valence-electron chi connectivity index (χ2n) is 2.78. The Morgan fingerprint density at radius 2 is 1.94 bits per heavy atom. The lowest BCUT2D eigenvalue weighted by molar-refractivity contribution is -0.153. The van der Waals surface area contributed by atoms with Crippen molar-refractivity contribution >= 4 is 31.7 Å². The minimum Gasteiger partial charge on any atom is -0.476 e. The molecule has 1 rings (SSSR count). The molecular formula is C8H5BrF2O4S. The van der Waals surface area contributed by atoms with Crippen molar-refractivity contribution in [3.63, 3.8) is 0 Å². The fraction of sp³-hybridized carbons (Fsp3) is 0.125. The van der Waals surface area contributed by atoms with E-state index >= 15 is 0 Å². The molecule has 8 heteroatoms. The largest absolute Gasteiger partial charge is 0.476 e. The molecule has 0 unspecified atom stereocenters. The quantitative estimate of drug-likeness (QED) is 0.925. The topological polar surface area (TPSA) is 71.4 Å². The highest BCUT2D eigenvalue weighted by Gasteiger charge is 2.53. The Balaban J connectivity index is 3.39. The van der Waals surface area contributed by atoms with Crippen LogP contribution in [-0.4, -0.2) is 24.7 Å². The van der Waals surface area contributed by atoms with Gasteiger partial charge in [-0.15, -0.1) is 0 Å². The van der Waals surface area contributed by atoms with Crippen LogP contribution in [0.4, 0.5) is 8.78 Å². The van der Waals surface area contributed by atoms with Gasteiger partial charge in [0, 0.05) is 4.47 Å². The first-order chi connectivity index (χ1) is 7.19. The Kier molecular flexibility index (Phi) is 3.34. The summed E-state index contributed by atoms with van der Waals surface area (Å²) < 4.78 is 48.7. The van der Waals surface area contributed by atoms with Gasteiger partial charge in [-0.25, -0.2) is 13.2 Å². The zero-order valence-corrected chi connectivity index (χ0v) is 9.93. The molecule has 16 heavy (non-hydrogen) atoms. The number of alkyl halides is 2. The van der Waals surface area contributed by atoms with E-state index in [1.807, 2.05) is 0 Å². The van der Waals surface area contributed by atoms with Gasteiger partial charge in [0.25, 0.3) is 9.84 Å². The second kappa shape index (κ2) is 4.10. The van der Waals surface area contributed by atoms with Crippen LogP contribution in [0.1, 0.15) is 0 Å². The summed E-state index contributed by atoms with van der Waals surface area (Å²) in [5.74, 6) is -2.70. The minimum absolute atomic E-state index is 0.259. The van der Waals surface area contributed by atoms with Crippen molar-refractivity contribution in [1.29, 1.82) is 0 Å². The number of carboxylic acid groups (broad SMARTS) is 1. The molecule has 0 atom stereocenters. The van der Waals surface area contributed by atoms with Crippen LogP contribution in [-0.2, 0) is 14.6 Å². The summed E-state index contributed by atoms with van der Waals surface area (Å²) in [4.78, 5) is 9.43. The van der Waals surface area contributed by atoms with Gasteiger partial charge < -0.3 is 5.11 Å². The average molecular weight is 315 g/mol. The zero-order valence-electron chi connectivity index (χ0n) is 7.52. The van der Waals surface area contributed by atoms with Crippen molar-refractivity contribution < 1.29 is 27.1 Å². The SMILES string of the molecule is O=C(O)C(F)(F)S(=O)(=O)c1cccc(Br)c1. The van der Waals surface area contributed by atoms with Gasteiger partial charge in [-0.05, 0) is 18.2 Å². The van der Waals surface area contributed by atoms with Crippen LogP contribution in [0.2, 0.25) is 0 Å². The van der Waals surface area contributed by atoms with E-state index < -0.39 is 26.0 Å². The van der Waals surface area contributed by atoms with Crippen LogP contribution in [0.3, 0.4) is 0 Å². The molecule has 0 aromatic heterocycles. The number of hydrogen-bond acceptors (Lipinski definition) is 3. The van der Waals surface area contributed by atoms with E-state index in [9.17, 15) is 22.0 Å². The molecule has 0 fully saturated rings. The molecule has 1 aromatic carbocycles. The van der Waals surface area contributed by atoms with E-state index in [0.717, 1.165) is 12.1 Å². The molecule has 0 spiro atoms. The first kappa shape index (κ1) is 13.0. The van der Waals surface area contributed by atoms with E-state index in [-0.39, 0.29) is 4.47 Å². The third-order valence-corrected chi connectivity index (χ3v) is 3.91. The Bertz CT molecular complexity index is 527. The number of aliphatic carboxylic acids is 1. The molecule has 1 aromatic rings. The molecular weight excluding hydrogens is 310 g/mol. The van der Waals surface area contributed by atoms with Crippen LogP contribution in [0.5, 0.6) is 0 Å². The molecule has 88 valence electrons. The summed E-state index contributed by atoms with van der Waals surface area (Å²) >= 11 is 2.90. The molecule has 0 aliphatic rings. The molecule has 0 saturated carbocycles. The Hall–Kier alpha value is -1.02. The lowest BCUT2D eigenvalue weighted by Gasteiger charge is -2.12. The first-order valence-electron chi connectivity index (χ1n) is 3.81. The lowest BCUT2D eigenvalue weighted by atomic mass is 10.4. The number of hydrogen-bond donors (Lipinski definition) is 1. The van der Waals surface area contributed by atoms with Crippen LogP contribution in [0, 0.1) is 0 Å². The lowest BCUT2D eigenvalue weighted by Crippen LogP contribution is -2.37. The molecule has 4 nitrogen and oxygen atoms in total. The maximum absolute atomic E-state index is 12.9. The molecule has 0 radical (unpaired) electrons. The summed E-state index contributed by atoms with van der Waals surface area (Å²) in [5, 5.41) is 3.33. The number of sulfone groups is 1. The van der Waals surface area contributed by atoms with Crippen molar-refractivity contribution in [2.24, 2.45) is 0 Å². The average Bonchev–Trinajstić information content (AvgIpc) is 2.17. The van der Waals surface area contributed by atoms with Crippen molar-refractivity contribution in [2.75, 3.05) is 0 Å². The summed E-state index contributed by atoms with van der Waals surface area (Å²) in [6.07, 6.45) is 0. The fourth-order valence-electron chi connectivity index (χ4n) is 0.897. The zero-order chi connectivity index (χ0) is 12.6. The molecule has 1 N–H and O–H groups in total. The molecule has 0 aliphatic heterocycles. The van der Waals surface area contributed by atoms with Gasteiger partial charge in [0.15, 0.2) is 0 Å². The van der Waals surface area contributed by atoms with E-state index in [0.29, 0.717) is 0 Å². The van der Waals surface area contributed by atoms with Crippen molar-refractivity contribution in [1.82, 2.24) is 0 Å². The Labute approximate surface area is 97.9 Å². The van der Waals surface area contributed by atoms with Crippen LogP contribution < -0.4 is 0 Å². The number of carbonyl (C=O) groups is 1. The van der Waals surface area contributed by atoms with Crippen LogP contribution >= 0.6 is 15.9 Å². The van der Waals surface area contributed by atoms with Gasteiger partial charge >= 0.3 is 11.2 Å².